The molecule has 0 aliphatic heterocycles. The Kier molecular flexibility index (Phi) is 4.19. The van der Waals surface area contributed by atoms with E-state index in [1.807, 2.05) is 6.07 Å². The minimum Gasteiger partial charge on any atom is -0.312 e. The molecule has 20 heavy (non-hydrogen) atoms. The van der Waals surface area contributed by atoms with E-state index in [0.717, 1.165) is 22.6 Å². The van der Waals surface area contributed by atoms with Crippen LogP contribution in [-0.4, -0.2) is 11.5 Å². The Labute approximate surface area is 130 Å². The summed E-state index contributed by atoms with van der Waals surface area (Å²) in [7, 11) is 0. The molecule has 0 unspecified atom stereocenters. The first kappa shape index (κ1) is 14.2. The third kappa shape index (κ3) is 2.80. The number of rotatable bonds is 5. The Hall–Kier alpha value is -0.780. The van der Waals surface area contributed by atoms with Crippen molar-refractivity contribution in [1.29, 1.82) is 0 Å². The molecule has 2 aromatic rings. The number of hydrogen-bond donors (Lipinski definition) is 1. The minimum absolute atomic E-state index is 0.217. The molecule has 0 spiro atoms. The Morgan fingerprint density at radius 2 is 2.25 bits per heavy atom. The van der Waals surface area contributed by atoms with Gasteiger partial charge in [-0.1, -0.05) is 13.0 Å². The highest BCUT2D eigenvalue weighted by atomic mass is 79.9. The Morgan fingerprint density at radius 1 is 1.45 bits per heavy atom. The van der Waals surface area contributed by atoms with Gasteiger partial charge in [0.25, 0.3) is 0 Å². The van der Waals surface area contributed by atoms with Gasteiger partial charge >= 0.3 is 0 Å². The van der Waals surface area contributed by atoms with E-state index in [1.165, 1.54) is 29.5 Å². The second-order valence-electron chi connectivity index (χ2n) is 4.98. The largest absolute Gasteiger partial charge is 0.312 e. The lowest BCUT2D eigenvalue weighted by Crippen LogP contribution is -2.11. The van der Waals surface area contributed by atoms with Crippen LogP contribution in [-0.2, 0) is 6.54 Å². The van der Waals surface area contributed by atoms with Crippen LogP contribution in [0.15, 0.2) is 22.7 Å². The lowest BCUT2D eigenvalue weighted by Gasteiger charge is -2.01. The van der Waals surface area contributed by atoms with Gasteiger partial charge < -0.3 is 5.32 Å². The van der Waals surface area contributed by atoms with Crippen LogP contribution in [0.5, 0.6) is 0 Å². The molecule has 1 heterocycles. The summed E-state index contributed by atoms with van der Waals surface area (Å²) in [4.78, 5) is 5.98. The second kappa shape index (κ2) is 5.92. The van der Waals surface area contributed by atoms with Crippen LogP contribution < -0.4 is 5.32 Å². The lowest BCUT2D eigenvalue weighted by atomic mass is 10.2. The molecule has 1 aromatic carbocycles. The normalized spacial score (nSPS) is 14.8. The van der Waals surface area contributed by atoms with E-state index < -0.39 is 0 Å². The van der Waals surface area contributed by atoms with E-state index in [1.54, 1.807) is 17.4 Å². The van der Waals surface area contributed by atoms with E-state index in [-0.39, 0.29) is 5.82 Å². The van der Waals surface area contributed by atoms with Gasteiger partial charge in [0.15, 0.2) is 0 Å². The van der Waals surface area contributed by atoms with Crippen LogP contribution in [0.3, 0.4) is 0 Å². The molecule has 1 N–H and O–H groups in total. The standard InChI is InChI=1S/C15H16BrFN2S/c1-2-18-8-12-14(9-6-7-9)19-15(20-12)13-10(16)4-3-5-11(13)17/h3-5,9,18H,2,6-8H2,1H3. The van der Waals surface area contributed by atoms with Crippen molar-refractivity contribution in [2.75, 3.05) is 6.54 Å². The third-order valence-electron chi connectivity index (χ3n) is 3.40. The second-order valence-corrected chi connectivity index (χ2v) is 6.92. The summed E-state index contributed by atoms with van der Waals surface area (Å²) in [5.41, 5.74) is 1.75. The highest BCUT2D eigenvalue weighted by Crippen LogP contribution is 2.45. The van der Waals surface area contributed by atoms with E-state index in [2.05, 4.69) is 28.2 Å². The van der Waals surface area contributed by atoms with Gasteiger partial charge in [-0.3, -0.25) is 0 Å². The van der Waals surface area contributed by atoms with E-state index in [9.17, 15) is 4.39 Å². The highest BCUT2D eigenvalue weighted by molar-refractivity contribution is 9.10. The summed E-state index contributed by atoms with van der Waals surface area (Å²) in [6.45, 7) is 3.85. The number of hydrogen-bond acceptors (Lipinski definition) is 3. The molecule has 3 rings (SSSR count). The van der Waals surface area contributed by atoms with E-state index in [4.69, 9.17) is 4.98 Å². The summed E-state index contributed by atoms with van der Waals surface area (Å²) in [6.07, 6.45) is 2.42. The lowest BCUT2D eigenvalue weighted by molar-refractivity contribution is 0.630. The van der Waals surface area contributed by atoms with Crippen molar-refractivity contribution in [2.45, 2.75) is 32.2 Å². The van der Waals surface area contributed by atoms with Gasteiger partial charge in [-0.25, -0.2) is 9.37 Å². The molecule has 0 amide bonds. The molecule has 0 saturated heterocycles. The summed E-state index contributed by atoms with van der Waals surface area (Å²) in [5.74, 6) is 0.365. The quantitative estimate of drug-likeness (QED) is 0.841. The zero-order valence-corrected chi connectivity index (χ0v) is 13.7. The number of halogens is 2. The van der Waals surface area contributed by atoms with Crippen molar-refractivity contribution in [2.24, 2.45) is 0 Å². The summed E-state index contributed by atoms with van der Waals surface area (Å²) in [5, 5.41) is 4.13. The smallest absolute Gasteiger partial charge is 0.134 e. The number of aromatic nitrogens is 1. The molecule has 1 saturated carbocycles. The Bertz CT molecular complexity index is 602. The maximum Gasteiger partial charge on any atom is 0.134 e. The molecular weight excluding hydrogens is 339 g/mol. The van der Waals surface area contributed by atoms with Crippen molar-refractivity contribution in [3.8, 4) is 10.6 Å². The summed E-state index contributed by atoms with van der Waals surface area (Å²) >= 11 is 5.04. The van der Waals surface area contributed by atoms with Crippen LogP contribution in [0.4, 0.5) is 4.39 Å². The van der Waals surface area contributed by atoms with E-state index in [0.29, 0.717) is 11.5 Å². The number of nitrogens with zero attached hydrogens (tertiary/aromatic N) is 1. The number of thiazole rings is 1. The monoisotopic (exact) mass is 354 g/mol. The van der Waals surface area contributed by atoms with Gasteiger partial charge in [0.2, 0.25) is 0 Å². The average Bonchev–Trinajstić information content (AvgIpc) is 3.18. The molecule has 5 heteroatoms. The third-order valence-corrected chi connectivity index (χ3v) is 5.15. The van der Waals surface area contributed by atoms with Gasteiger partial charge in [-0.05, 0) is 47.4 Å². The Morgan fingerprint density at radius 3 is 2.90 bits per heavy atom. The maximum absolute atomic E-state index is 14.1. The van der Waals surface area contributed by atoms with Crippen molar-refractivity contribution in [3.63, 3.8) is 0 Å². The van der Waals surface area contributed by atoms with Gasteiger partial charge in [0.1, 0.15) is 10.8 Å². The van der Waals surface area contributed by atoms with Gasteiger partial charge in [-0.2, -0.15) is 0 Å². The van der Waals surface area contributed by atoms with Crippen LogP contribution in [0.1, 0.15) is 36.3 Å². The van der Waals surface area contributed by atoms with Crippen LogP contribution >= 0.6 is 27.3 Å². The molecule has 1 aliphatic rings. The first-order valence-corrected chi connectivity index (χ1v) is 8.46. The molecule has 106 valence electrons. The zero-order chi connectivity index (χ0) is 14.1. The number of benzene rings is 1. The van der Waals surface area contributed by atoms with Crippen molar-refractivity contribution < 1.29 is 4.39 Å². The summed E-state index contributed by atoms with van der Waals surface area (Å²) in [6, 6.07) is 5.06. The van der Waals surface area contributed by atoms with Crippen molar-refractivity contribution >= 4 is 27.3 Å². The minimum atomic E-state index is -0.217. The molecule has 1 aliphatic carbocycles. The van der Waals surface area contributed by atoms with Gasteiger partial charge in [0, 0.05) is 21.8 Å². The topological polar surface area (TPSA) is 24.9 Å². The molecule has 0 radical (unpaired) electrons. The fourth-order valence-corrected chi connectivity index (χ4v) is 4.05. The number of nitrogens with one attached hydrogen (secondary N) is 1. The fraction of sp³-hybridized carbons (Fsp3) is 0.400. The molecule has 0 atom stereocenters. The average molecular weight is 355 g/mol. The van der Waals surface area contributed by atoms with Crippen LogP contribution in [0.2, 0.25) is 0 Å². The van der Waals surface area contributed by atoms with E-state index >= 15 is 0 Å². The maximum atomic E-state index is 14.1. The fourth-order valence-electron chi connectivity index (χ4n) is 2.21. The first-order valence-electron chi connectivity index (χ1n) is 6.85. The Balaban J connectivity index is 2.01. The summed E-state index contributed by atoms with van der Waals surface area (Å²) < 4.78 is 14.8. The van der Waals surface area contributed by atoms with Gasteiger partial charge in [0.05, 0.1) is 11.3 Å². The van der Waals surface area contributed by atoms with Crippen molar-refractivity contribution in [3.05, 3.63) is 39.1 Å². The molecule has 1 fully saturated rings. The zero-order valence-electron chi connectivity index (χ0n) is 11.2. The SMILES string of the molecule is CCNCc1sc(-c2c(F)cccc2Br)nc1C1CC1. The first-order chi connectivity index (χ1) is 9.70. The molecule has 1 aromatic heterocycles. The van der Waals surface area contributed by atoms with Gasteiger partial charge in [-0.15, -0.1) is 11.3 Å². The predicted octanol–water partition coefficient (Wildman–Crippen LogP) is 4.70. The van der Waals surface area contributed by atoms with Crippen molar-refractivity contribution in [1.82, 2.24) is 10.3 Å². The van der Waals surface area contributed by atoms with Crippen LogP contribution in [0, 0.1) is 5.82 Å². The highest BCUT2D eigenvalue weighted by Gasteiger charge is 2.30. The molecule has 0 bridgehead atoms. The molecule has 2 nitrogen and oxygen atoms in total. The van der Waals surface area contributed by atoms with Crippen LogP contribution in [0.25, 0.3) is 10.6 Å². The predicted molar refractivity (Wildman–Crippen MR) is 84.6 cm³/mol. The molecular formula is C15H16BrFN2S.